The maximum atomic E-state index is 12.7. The molecule has 4 aromatic rings. The van der Waals surface area contributed by atoms with Gasteiger partial charge in [0.15, 0.2) is 11.5 Å². The molecule has 0 unspecified atom stereocenters. The van der Waals surface area contributed by atoms with Crippen LogP contribution in [0.3, 0.4) is 0 Å². The number of rotatable bonds is 7. The van der Waals surface area contributed by atoms with Gasteiger partial charge < -0.3 is 4.52 Å². The van der Waals surface area contributed by atoms with Crippen molar-refractivity contribution in [2.75, 3.05) is 26.2 Å². The number of aromatic nitrogens is 1. The molecule has 0 aliphatic carbocycles. The first-order valence-electron chi connectivity index (χ1n) is 11.5. The number of carbonyl (C=O) groups is 1. The summed E-state index contributed by atoms with van der Waals surface area (Å²) in [6, 6.07) is 30.2. The number of piperazine rings is 1. The molecule has 172 valence electrons. The summed E-state index contributed by atoms with van der Waals surface area (Å²) in [4.78, 5) is 17.6. The van der Waals surface area contributed by atoms with Crippen molar-refractivity contribution >= 4 is 17.4 Å². The number of halogens is 1. The fraction of sp³-hybridized carbons (Fsp3) is 0.214. The normalized spacial score (nSPS) is 15.0. The maximum absolute atomic E-state index is 12.7. The topological polar surface area (TPSA) is 49.6 Å². The van der Waals surface area contributed by atoms with Gasteiger partial charge in [0.2, 0.25) is 5.78 Å². The molecule has 0 spiro atoms. The molecule has 0 bridgehead atoms. The molecule has 1 fully saturated rings. The van der Waals surface area contributed by atoms with Gasteiger partial charge in [0.1, 0.15) is 0 Å². The third kappa shape index (κ3) is 5.12. The van der Waals surface area contributed by atoms with Crippen LogP contribution in [-0.4, -0.2) is 46.9 Å². The summed E-state index contributed by atoms with van der Waals surface area (Å²) in [5.41, 5.74) is 3.49. The van der Waals surface area contributed by atoms with Crippen molar-refractivity contribution in [3.05, 3.63) is 124 Å². The molecule has 0 amide bonds. The molecule has 0 atom stereocenters. The Labute approximate surface area is 204 Å². The highest BCUT2D eigenvalue weighted by Gasteiger charge is 2.27. The van der Waals surface area contributed by atoms with E-state index in [1.165, 1.54) is 11.1 Å². The Morgan fingerprint density at radius 2 is 1.44 bits per heavy atom. The molecular weight excluding hydrogens is 446 g/mol. The van der Waals surface area contributed by atoms with Crippen LogP contribution in [0.1, 0.15) is 39.0 Å². The summed E-state index contributed by atoms with van der Waals surface area (Å²) in [5.74, 6) is 0.540. The largest absolute Gasteiger partial charge is 0.359 e. The number of nitrogens with zero attached hydrogens (tertiary/aromatic N) is 3. The third-order valence-corrected chi connectivity index (χ3v) is 6.53. The summed E-state index contributed by atoms with van der Waals surface area (Å²) in [6.45, 7) is 4.35. The smallest absolute Gasteiger partial charge is 0.214 e. The quantitative estimate of drug-likeness (QED) is 0.335. The number of carbonyl (C=O) groups excluding carboxylic acids is 1. The van der Waals surface area contributed by atoms with Crippen LogP contribution in [0, 0.1) is 0 Å². The second-order valence-electron chi connectivity index (χ2n) is 8.55. The summed E-state index contributed by atoms with van der Waals surface area (Å²) in [5, 5.41) is 4.60. The van der Waals surface area contributed by atoms with Gasteiger partial charge in [0.05, 0.1) is 12.6 Å². The fourth-order valence-electron chi connectivity index (χ4n) is 4.53. The van der Waals surface area contributed by atoms with Crippen LogP contribution in [0.2, 0.25) is 5.02 Å². The van der Waals surface area contributed by atoms with Crippen molar-refractivity contribution in [2.24, 2.45) is 0 Å². The predicted octanol–water partition coefficient (Wildman–Crippen LogP) is 5.47. The van der Waals surface area contributed by atoms with Crippen LogP contribution in [0.5, 0.6) is 0 Å². The Bertz CT molecular complexity index is 1180. The first-order valence-corrected chi connectivity index (χ1v) is 11.9. The van der Waals surface area contributed by atoms with E-state index in [-0.39, 0.29) is 11.8 Å². The monoisotopic (exact) mass is 471 g/mol. The number of hydrogen-bond donors (Lipinski definition) is 0. The number of benzene rings is 3. The minimum Gasteiger partial charge on any atom is -0.359 e. The summed E-state index contributed by atoms with van der Waals surface area (Å²) >= 11 is 5.92. The van der Waals surface area contributed by atoms with Crippen molar-refractivity contribution in [1.29, 1.82) is 0 Å². The van der Waals surface area contributed by atoms with E-state index in [4.69, 9.17) is 16.1 Å². The molecule has 34 heavy (non-hydrogen) atoms. The molecule has 0 N–H and O–H groups in total. The lowest BCUT2D eigenvalue weighted by Crippen LogP contribution is -2.47. The zero-order valence-electron chi connectivity index (χ0n) is 18.8. The molecule has 1 aliphatic heterocycles. The molecule has 1 aromatic heterocycles. The van der Waals surface area contributed by atoms with Crippen LogP contribution in [-0.2, 0) is 6.54 Å². The highest BCUT2D eigenvalue weighted by molar-refractivity contribution is 6.30. The van der Waals surface area contributed by atoms with Gasteiger partial charge in [-0.3, -0.25) is 14.6 Å². The Morgan fingerprint density at radius 1 is 0.853 bits per heavy atom. The van der Waals surface area contributed by atoms with Crippen molar-refractivity contribution in [3.63, 3.8) is 0 Å². The van der Waals surface area contributed by atoms with Crippen LogP contribution in [0.4, 0.5) is 0 Å². The van der Waals surface area contributed by atoms with Crippen LogP contribution >= 0.6 is 11.6 Å². The van der Waals surface area contributed by atoms with Crippen LogP contribution in [0.15, 0.2) is 95.5 Å². The molecular formula is C28H26ClN3O2. The van der Waals surface area contributed by atoms with E-state index >= 15 is 0 Å². The molecule has 3 aromatic carbocycles. The molecule has 0 saturated carbocycles. The summed E-state index contributed by atoms with van der Waals surface area (Å²) < 4.78 is 5.49. The van der Waals surface area contributed by atoms with E-state index in [1.54, 1.807) is 30.3 Å². The van der Waals surface area contributed by atoms with Gasteiger partial charge in [-0.15, -0.1) is 0 Å². The number of ketones is 1. The molecule has 1 saturated heterocycles. The van der Waals surface area contributed by atoms with Crippen molar-refractivity contribution in [2.45, 2.75) is 12.6 Å². The van der Waals surface area contributed by atoms with E-state index in [2.05, 4.69) is 75.6 Å². The van der Waals surface area contributed by atoms with E-state index in [9.17, 15) is 4.79 Å². The molecule has 0 radical (unpaired) electrons. The lowest BCUT2D eigenvalue weighted by atomic mass is 9.96. The van der Waals surface area contributed by atoms with Gasteiger partial charge in [0, 0.05) is 42.8 Å². The fourth-order valence-corrected chi connectivity index (χ4v) is 4.65. The second-order valence-corrected chi connectivity index (χ2v) is 8.99. The summed E-state index contributed by atoms with van der Waals surface area (Å²) in [6.07, 6.45) is 0. The van der Waals surface area contributed by atoms with E-state index < -0.39 is 0 Å². The highest BCUT2D eigenvalue weighted by Crippen LogP contribution is 2.29. The first kappa shape index (κ1) is 22.5. The van der Waals surface area contributed by atoms with Crippen LogP contribution < -0.4 is 0 Å². The predicted molar refractivity (Wildman–Crippen MR) is 133 cm³/mol. The molecule has 1 aliphatic rings. The molecule has 2 heterocycles. The zero-order chi connectivity index (χ0) is 23.3. The van der Waals surface area contributed by atoms with Crippen molar-refractivity contribution in [3.8, 4) is 0 Å². The highest BCUT2D eigenvalue weighted by atomic mass is 35.5. The SMILES string of the molecule is O=C(c1ccc(Cl)cc1)c1cc(CN2CCN(C(c3ccccc3)c3ccccc3)CC2)on1. The average molecular weight is 472 g/mol. The maximum Gasteiger partial charge on any atom is 0.214 e. The van der Waals surface area contributed by atoms with Crippen LogP contribution in [0.25, 0.3) is 0 Å². The van der Waals surface area contributed by atoms with Gasteiger partial charge in [0.25, 0.3) is 0 Å². The third-order valence-electron chi connectivity index (χ3n) is 6.28. The minimum atomic E-state index is -0.162. The molecule has 5 nitrogen and oxygen atoms in total. The van der Waals surface area contributed by atoms with Gasteiger partial charge in [-0.05, 0) is 35.4 Å². The van der Waals surface area contributed by atoms with E-state index in [0.29, 0.717) is 28.6 Å². The Kier molecular flexibility index (Phi) is 6.86. The minimum absolute atomic E-state index is 0.162. The van der Waals surface area contributed by atoms with Crippen molar-refractivity contribution < 1.29 is 9.32 Å². The zero-order valence-corrected chi connectivity index (χ0v) is 19.6. The van der Waals surface area contributed by atoms with Gasteiger partial charge in [-0.25, -0.2) is 0 Å². The lowest BCUT2D eigenvalue weighted by molar-refractivity contribution is 0.0977. The van der Waals surface area contributed by atoms with Gasteiger partial charge in [-0.1, -0.05) is 77.4 Å². The van der Waals surface area contributed by atoms with Gasteiger partial charge >= 0.3 is 0 Å². The Balaban J connectivity index is 1.23. The van der Waals surface area contributed by atoms with E-state index in [1.807, 2.05) is 0 Å². The van der Waals surface area contributed by atoms with E-state index in [0.717, 1.165) is 26.2 Å². The molecule has 5 rings (SSSR count). The standard InChI is InChI=1S/C28H26ClN3O2/c29-24-13-11-23(12-14-24)28(33)26-19-25(34-30-26)20-31-15-17-32(18-16-31)27(21-7-3-1-4-8-21)22-9-5-2-6-10-22/h1-14,19,27H,15-18,20H2. The second kappa shape index (κ2) is 10.3. The first-order chi connectivity index (χ1) is 16.7. The average Bonchev–Trinajstić information content (AvgIpc) is 3.35. The Morgan fingerprint density at radius 3 is 2.03 bits per heavy atom. The summed E-state index contributed by atoms with van der Waals surface area (Å²) in [7, 11) is 0. The molecule has 6 heteroatoms. The lowest BCUT2D eigenvalue weighted by Gasteiger charge is -2.39. The van der Waals surface area contributed by atoms with Gasteiger partial charge in [-0.2, -0.15) is 0 Å². The van der Waals surface area contributed by atoms with Crippen molar-refractivity contribution in [1.82, 2.24) is 15.0 Å². The number of hydrogen-bond acceptors (Lipinski definition) is 5. The Hall–Kier alpha value is -3.25.